The molecule has 4 nitrogen and oxygen atoms in total. The molecule has 0 aliphatic heterocycles. The average molecular weight is 381 g/mol. The summed E-state index contributed by atoms with van der Waals surface area (Å²) in [5.41, 5.74) is 8.83. The highest BCUT2D eigenvalue weighted by molar-refractivity contribution is 7.98. The third kappa shape index (κ3) is 7.92. The smallest absolute Gasteiger partial charge is 0.241 e. The summed E-state index contributed by atoms with van der Waals surface area (Å²) in [6, 6.07) is 17.3. The van der Waals surface area contributed by atoms with Crippen molar-refractivity contribution < 1.29 is 9.53 Å². The molecule has 0 bridgehead atoms. The van der Waals surface area contributed by atoms with Gasteiger partial charge in [-0.3, -0.25) is 4.79 Å². The molecule has 6 heteroatoms. The predicted octanol–water partition coefficient (Wildman–Crippen LogP) is 3.84. The summed E-state index contributed by atoms with van der Waals surface area (Å²) in [5.74, 6) is 0.740. The van der Waals surface area contributed by atoms with Crippen LogP contribution < -0.4 is 11.1 Å². The minimum Gasteiger partial charge on any atom is -0.372 e. The van der Waals surface area contributed by atoms with E-state index in [0.29, 0.717) is 19.6 Å². The number of nitrogens with two attached hydrogens (primary N) is 1. The first-order chi connectivity index (χ1) is 11.7. The van der Waals surface area contributed by atoms with Crippen LogP contribution in [-0.4, -0.2) is 24.0 Å². The molecule has 0 spiro atoms. The second-order valence-electron chi connectivity index (χ2n) is 5.55. The summed E-state index contributed by atoms with van der Waals surface area (Å²) < 4.78 is 5.70. The van der Waals surface area contributed by atoms with E-state index >= 15 is 0 Å². The van der Waals surface area contributed by atoms with Gasteiger partial charge in [-0.05, 0) is 41.7 Å². The maximum atomic E-state index is 12.0. The minimum absolute atomic E-state index is 0. The average Bonchev–Trinajstić information content (AvgIpc) is 2.62. The van der Waals surface area contributed by atoms with Gasteiger partial charge in [-0.1, -0.05) is 42.5 Å². The van der Waals surface area contributed by atoms with Gasteiger partial charge in [0, 0.05) is 5.69 Å². The van der Waals surface area contributed by atoms with Crippen molar-refractivity contribution in [3.8, 4) is 0 Å². The quantitative estimate of drug-likeness (QED) is 0.693. The molecule has 0 radical (unpaired) electrons. The number of ether oxygens (including phenoxy) is 1. The first kappa shape index (κ1) is 21.5. The zero-order chi connectivity index (χ0) is 17.2. The van der Waals surface area contributed by atoms with Crippen molar-refractivity contribution in [2.24, 2.45) is 5.73 Å². The number of carbonyl (C=O) groups excluding carboxylic acids is 1. The topological polar surface area (TPSA) is 64.4 Å². The molecule has 2 aromatic rings. The van der Waals surface area contributed by atoms with Crippen LogP contribution in [0.5, 0.6) is 0 Å². The molecule has 0 heterocycles. The lowest BCUT2D eigenvalue weighted by atomic mass is 10.2. The van der Waals surface area contributed by atoms with E-state index in [0.717, 1.165) is 22.6 Å². The molecule has 0 fully saturated rings. The van der Waals surface area contributed by atoms with Crippen molar-refractivity contribution in [3.05, 3.63) is 65.7 Å². The number of rotatable bonds is 9. The third-order valence-electron chi connectivity index (χ3n) is 3.57. The van der Waals surface area contributed by atoms with Gasteiger partial charge in [0.1, 0.15) is 0 Å². The van der Waals surface area contributed by atoms with Crippen molar-refractivity contribution in [1.29, 1.82) is 0 Å². The number of hydrogen-bond acceptors (Lipinski definition) is 4. The highest BCUT2D eigenvalue weighted by Gasteiger charge is 2.12. The number of carbonyl (C=O) groups is 1. The molecule has 0 saturated carbocycles. The number of halogens is 1. The van der Waals surface area contributed by atoms with Gasteiger partial charge >= 0.3 is 0 Å². The summed E-state index contributed by atoms with van der Waals surface area (Å²) in [6.07, 6.45) is 2.68. The first-order valence-corrected chi connectivity index (χ1v) is 9.34. The lowest BCUT2D eigenvalue weighted by molar-refractivity contribution is -0.117. The van der Waals surface area contributed by atoms with Gasteiger partial charge in [0.15, 0.2) is 0 Å². The second kappa shape index (κ2) is 11.9. The molecule has 25 heavy (non-hydrogen) atoms. The zero-order valence-electron chi connectivity index (χ0n) is 14.3. The van der Waals surface area contributed by atoms with Crippen LogP contribution in [0.25, 0.3) is 0 Å². The van der Waals surface area contributed by atoms with Gasteiger partial charge < -0.3 is 15.8 Å². The molecule has 2 rings (SSSR count). The Balaban J connectivity index is 0.00000312. The number of hydrogen-bond donors (Lipinski definition) is 2. The zero-order valence-corrected chi connectivity index (χ0v) is 15.9. The van der Waals surface area contributed by atoms with E-state index in [1.165, 1.54) is 0 Å². The number of benzene rings is 2. The molecule has 0 saturated heterocycles. The largest absolute Gasteiger partial charge is 0.372 e. The fraction of sp³-hybridized carbons (Fsp3) is 0.316. The van der Waals surface area contributed by atoms with Gasteiger partial charge in [0.05, 0.1) is 19.3 Å². The van der Waals surface area contributed by atoms with Crippen LogP contribution in [0, 0.1) is 0 Å². The molecule has 0 aliphatic carbocycles. The Morgan fingerprint density at radius 3 is 2.28 bits per heavy atom. The lowest BCUT2D eigenvalue weighted by Crippen LogP contribution is -2.36. The normalized spacial score (nSPS) is 11.4. The highest BCUT2D eigenvalue weighted by Crippen LogP contribution is 2.12. The lowest BCUT2D eigenvalue weighted by Gasteiger charge is -2.12. The molecule has 0 unspecified atom stereocenters. The fourth-order valence-electron chi connectivity index (χ4n) is 2.16. The van der Waals surface area contributed by atoms with Crippen molar-refractivity contribution in [3.63, 3.8) is 0 Å². The van der Waals surface area contributed by atoms with Crippen molar-refractivity contribution in [1.82, 2.24) is 0 Å². The third-order valence-corrected chi connectivity index (χ3v) is 4.22. The van der Waals surface area contributed by atoms with Crippen molar-refractivity contribution in [2.75, 3.05) is 17.3 Å². The molecule has 2 aromatic carbocycles. The molecular formula is C19H25ClN2O2S. The Morgan fingerprint density at radius 2 is 1.68 bits per heavy atom. The standard InChI is InChI=1S/C19H24N2O2S.ClH/c1-24-12-11-18(20)19(22)21-17-9-7-16(8-10-17)14-23-13-15-5-3-2-4-6-15;/h2-10,18H,11-14,20H2,1H3,(H,21,22);1H/t18-;/m0./s1. The molecule has 1 amide bonds. The Labute approximate surface area is 159 Å². The monoisotopic (exact) mass is 380 g/mol. The molecule has 3 N–H and O–H groups in total. The van der Waals surface area contributed by atoms with E-state index in [-0.39, 0.29) is 18.3 Å². The number of anilines is 1. The van der Waals surface area contributed by atoms with Crippen molar-refractivity contribution in [2.45, 2.75) is 25.7 Å². The first-order valence-electron chi connectivity index (χ1n) is 7.95. The molecule has 0 aromatic heterocycles. The van der Waals surface area contributed by atoms with E-state index in [1.54, 1.807) is 11.8 Å². The van der Waals surface area contributed by atoms with E-state index in [1.807, 2.05) is 60.9 Å². The number of thioether (sulfide) groups is 1. The summed E-state index contributed by atoms with van der Waals surface area (Å²) in [4.78, 5) is 12.0. The Hall–Kier alpha value is -1.53. The Kier molecular flexibility index (Phi) is 10.3. The number of amides is 1. The fourth-order valence-corrected chi connectivity index (χ4v) is 2.65. The van der Waals surface area contributed by atoms with Gasteiger partial charge in [-0.2, -0.15) is 11.8 Å². The Morgan fingerprint density at radius 1 is 1.08 bits per heavy atom. The summed E-state index contributed by atoms with van der Waals surface area (Å²) in [7, 11) is 0. The second-order valence-corrected chi connectivity index (χ2v) is 6.54. The molecule has 0 aliphatic rings. The minimum atomic E-state index is -0.466. The van der Waals surface area contributed by atoms with Crippen LogP contribution in [0.4, 0.5) is 5.69 Å². The highest BCUT2D eigenvalue weighted by atomic mass is 35.5. The van der Waals surface area contributed by atoms with Gasteiger partial charge in [-0.25, -0.2) is 0 Å². The number of nitrogens with one attached hydrogen (secondary N) is 1. The van der Waals surface area contributed by atoms with Gasteiger partial charge in [-0.15, -0.1) is 12.4 Å². The van der Waals surface area contributed by atoms with Gasteiger partial charge in [0.25, 0.3) is 0 Å². The van der Waals surface area contributed by atoms with Gasteiger partial charge in [0.2, 0.25) is 5.91 Å². The van der Waals surface area contributed by atoms with Crippen LogP contribution in [0.3, 0.4) is 0 Å². The molecule has 136 valence electrons. The van der Waals surface area contributed by atoms with Crippen LogP contribution >= 0.6 is 24.2 Å². The predicted molar refractivity (Wildman–Crippen MR) is 108 cm³/mol. The van der Waals surface area contributed by atoms with E-state index < -0.39 is 6.04 Å². The summed E-state index contributed by atoms with van der Waals surface area (Å²) in [6.45, 7) is 1.12. The Bertz CT molecular complexity index is 623. The van der Waals surface area contributed by atoms with Crippen LogP contribution in [0.2, 0.25) is 0 Å². The molecule has 1 atom stereocenters. The SMILES string of the molecule is CSCC[C@H](N)C(=O)Nc1ccc(COCc2ccccc2)cc1.Cl. The maximum absolute atomic E-state index is 12.0. The van der Waals surface area contributed by atoms with E-state index in [9.17, 15) is 4.79 Å². The van der Waals surface area contributed by atoms with Crippen molar-refractivity contribution >= 4 is 35.8 Å². The van der Waals surface area contributed by atoms with E-state index in [2.05, 4.69) is 5.32 Å². The van der Waals surface area contributed by atoms with Crippen LogP contribution in [0.1, 0.15) is 17.5 Å². The summed E-state index contributed by atoms with van der Waals surface area (Å²) in [5, 5.41) is 2.85. The maximum Gasteiger partial charge on any atom is 0.241 e. The molecular weight excluding hydrogens is 356 g/mol. The summed E-state index contributed by atoms with van der Waals surface area (Å²) >= 11 is 1.69. The van der Waals surface area contributed by atoms with E-state index in [4.69, 9.17) is 10.5 Å². The van der Waals surface area contributed by atoms with Crippen LogP contribution in [0.15, 0.2) is 54.6 Å². The van der Waals surface area contributed by atoms with Crippen LogP contribution in [-0.2, 0) is 22.7 Å².